The number of urea groups is 1. The topological polar surface area (TPSA) is 108 Å². The Bertz CT molecular complexity index is 1260. The van der Waals surface area contributed by atoms with Crippen LogP contribution in [0.1, 0.15) is 35.7 Å². The molecule has 0 bridgehead atoms. The van der Waals surface area contributed by atoms with Gasteiger partial charge >= 0.3 is 6.03 Å². The summed E-state index contributed by atoms with van der Waals surface area (Å²) < 4.78 is 22.1. The summed E-state index contributed by atoms with van der Waals surface area (Å²) in [5, 5.41) is 19.4. The summed E-state index contributed by atoms with van der Waals surface area (Å²) in [6.45, 7) is 3.85. The molecule has 1 saturated carbocycles. The molecule has 1 aromatic carbocycles. The molecule has 2 aromatic heterocycles. The van der Waals surface area contributed by atoms with Crippen LogP contribution >= 0.6 is 0 Å². The molecule has 3 amide bonds. The number of halogens is 1. The van der Waals surface area contributed by atoms with E-state index in [0.29, 0.717) is 28.1 Å². The lowest BCUT2D eigenvalue weighted by Gasteiger charge is -2.43. The zero-order chi connectivity index (χ0) is 23.3. The zero-order valence-electron chi connectivity index (χ0n) is 18.2. The summed E-state index contributed by atoms with van der Waals surface area (Å²) in [7, 11) is 0. The predicted molar refractivity (Wildman–Crippen MR) is 118 cm³/mol. The van der Waals surface area contributed by atoms with E-state index in [0.717, 1.165) is 12.8 Å². The summed E-state index contributed by atoms with van der Waals surface area (Å²) in [6.07, 6.45) is 4.51. The second kappa shape index (κ2) is 8.04. The molecule has 3 aromatic rings. The molecule has 10 heteroatoms. The third kappa shape index (κ3) is 3.97. The van der Waals surface area contributed by atoms with Crippen molar-refractivity contribution >= 4 is 23.1 Å². The van der Waals surface area contributed by atoms with Gasteiger partial charge in [0.1, 0.15) is 5.52 Å². The van der Waals surface area contributed by atoms with Gasteiger partial charge < -0.3 is 25.4 Å². The molecule has 3 N–H and O–H groups in total. The first kappa shape index (κ1) is 21.2. The van der Waals surface area contributed by atoms with Gasteiger partial charge in [-0.2, -0.15) is 5.10 Å². The molecule has 172 valence electrons. The summed E-state index contributed by atoms with van der Waals surface area (Å²) in [5.41, 5.74) is 1.95. The highest BCUT2D eigenvalue weighted by Crippen LogP contribution is 2.33. The van der Waals surface area contributed by atoms with Gasteiger partial charge in [0.2, 0.25) is 0 Å². The smallest absolute Gasteiger partial charge is 0.319 e. The molecule has 5 rings (SSSR count). The molecule has 33 heavy (non-hydrogen) atoms. The van der Waals surface area contributed by atoms with Crippen LogP contribution in [0.15, 0.2) is 36.7 Å². The molecule has 0 spiro atoms. The number of aliphatic hydroxyl groups excluding tert-OH is 1. The predicted octanol–water partition coefficient (Wildman–Crippen LogP) is 3.06. The minimum absolute atomic E-state index is 0.0239. The minimum atomic E-state index is -0.641. The zero-order valence-corrected chi connectivity index (χ0v) is 18.2. The highest BCUT2D eigenvalue weighted by atomic mass is 19.1. The third-order valence-corrected chi connectivity index (χ3v) is 6.14. The molecular weight excluding hydrogens is 429 g/mol. The van der Waals surface area contributed by atoms with Crippen molar-refractivity contribution in [2.75, 3.05) is 11.9 Å². The van der Waals surface area contributed by atoms with Gasteiger partial charge in [0.05, 0.1) is 23.9 Å². The Morgan fingerprint density at radius 3 is 2.70 bits per heavy atom. The van der Waals surface area contributed by atoms with Crippen molar-refractivity contribution < 1.29 is 23.8 Å². The van der Waals surface area contributed by atoms with Crippen molar-refractivity contribution in [1.29, 1.82) is 0 Å². The second-order valence-electron chi connectivity index (χ2n) is 8.54. The third-order valence-electron chi connectivity index (χ3n) is 6.14. The molecule has 0 unspecified atom stereocenters. The number of aryl methyl sites for hydroxylation is 1. The summed E-state index contributed by atoms with van der Waals surface area (Å²) >= 11 is 0. The van der Waals surface area contributed by atoms with Crippen LogP contribution in [0, 0.1) is 12.7 Å². The van der Waals surface area contributed by atoms with E-state index in [1.807, 2.05) is 0 Å². The number of rotatable bonds is 5. The first-order valence-corrected chi connectivity index (χ1v) is 10.8. The number of β-amino-alcohol motifs (C(OH)–C–C–N with tert-alkyl or cyclic N) is 1. The molecule has 2 aliphatic rings. The Morgan fingerprint density at radius 2 is 2.03 bits per heavy atom. The van der Waals surface area contributed by atoms with E-state index < -0.39 is 11.9 Å². The van der Waals surface area contributed by atoms with Gasteiger partial charge in [-0.3, -0.25) is 4.79 Å². The number of ether oxygens (including phenoxy) is 1. The Morgan fingerprint density at radius 1 is 1.24 bits per heavy atom. The van der Waals surface area contributed by atoms with Crippen molar-refractivity contribution in [2.24, 2.45) is 0 Å². The van der Waals surface area contributed by atoms with Crippen LogP contribution in [0.3, 0.4) is 0 Å². The number of fused-ring (bicyclic) bond motifs is 1. The number of aliphatic hydroxyl groups is 1. The summed E-state index contributed by atoms with van der Waals surface area (Å²) in [6, 6.07) is 5.36. The van der Waals surface area contributed by atoms with Crippen LogP contribution in [0.5, 0.6) is 11.5 Å². The molecule has 0 radical (unpaired) electrons. The number of hydrogen-bond acceptors (Lipinski definition) is 5. The van der Waals surface area contributed by atoms with E-state index >= 15 is 0 Å². The number of nitrogens with one attached hydrogen (secondary N) is 2. The maximum Gasteiger partial charge on any atom is 0.319 e. The maximum atomic E-state index is 14.7. The standard InChI is InChI=1S/C23H24FN5O4/c1-12-16(22(31)28-11-18(30)13(28)2)10-29-21(12)20(7-8-25-29)33-19-6-5-15(9-17(19)24)27-23(32)26-14-3-4-14/h5-10,13-14,18,30H,3-4,11H2,1-2H3,(H2,26,27,32)/t13-,18-/m1/s1. The fourth-order valence-corrected chi connectivity index (χ4v) is 3.89. The van der Waals surface area contributed by atoms with Crippen LogP contribution in [-0.2, 0) is 0 Å². The lowest BCUT2D eigenvalue weighted by Crippen LogP contribution is -2.60. The van der Waals surface area contributed by atoms with Gasteiger partial charge in [0.15, 0.2) is 17.3 Å². The monoisotopic (exact) mass is 453 g/mol. The number of anilines is 1. The number of carbonyl (C=O) groups excluding carboxylic acids is 2. The molecule has 1 aliphatic heterocycles. The molecule has 3 heterocycles. The van der Waals surface area contributed by atoms with Crippen LogP contribution < -0.4 is 15.4 Å². The van der Waals surface area contributed by atoms with Crippen LogP contribution in [0.25, 0.3) is 5.52 Å². The molecule has 1 saturated heterocycles. The Hall–Kier alpha value is -3.66. The van der Waals surface area contributed by atoms with E-state index in [4.69, 9.17) is 4.74 Å². The summed E-state index contributed by atoms with van der Waals surface area (Å²) in [4.78, 5) is 26.4. The Balaban J connectivity index is 1.38. The van der Waals surface area contributed by atoms with E-state index in [1.165, 1.54) is 22.8 Å². The number of benzene rings is 1. The van der Waals surface area contributed by atoms with Crippen molar-refractivity contribution in [2.45, 2.75) is 44.9 Å². The quantitative estimate of drug-likeness (QED) is 0.550. The number of nitrogens with zero attached hydrogens (tertiary/aromatic N) is 3. The molecule has 9 nitrogen and oxygen atoms in total. The van der Waals surface area contributed by atoms with Gasteiger partial charge in [0, 0.05) is 36.6 Å². The number of amides is 3. The first-order chi connectivity index (χ1) is 15.8. The summed E-state index contributed by atoms with van der Waals surface area (Å²) in [5.74, 6) is -0.528. The maximum absolute atomic E-state index is 14.7. The first-order valence-electron chi connectivity index (χ1n) is 10.8. The molecule has 2 atom stereocenters. The highest BCUT2D eigenvalue weighted by molar-refractivity contribution is 5.99. The molecule has 2 fully saturated rings. The largest absolute Gasteiger partial charge is 0.452 e. The van der Waals surface area contributed by atoms with E-state index in [2.05, 4.69) is 15.7 Å². The fraction of sp³-hybridized carbons (Fsp3) is 0.348. The van der Waals surface area contributed by atoms with Crippen molar-refractivity contribution in [3.63, 3.8) is 0 Å². The van der Waals surface area contributed by atoms with Crippen molar-refractivity contribution in [3.05, 3.63) is 53.6 Å². The van der Waals surface area contributed by atoms with Gasteiger partial charge in [0.25, 0.3) is 5.91 Å². The van der Waals surface area contributed by atoms with Crippen LogP contribution in [0.4, 0.5) is 14.9 Å². The Labute approximate surface area is 189 Å². The number of hydrogen-bond donors (Lipinski definition) is 3. The van der Waals surface area contributed by atoms with E-state index in [9.17, 15) is 19.1 Å². The fourth-order valence-electron chi connectivity index (χ4n) is 3.89. The van der Waals surface area contributed by atoms with Gasteiger partial charge in [-0.05, 0) is 44.4 Å². The lowest BCUT2D eigenvalue weighted by molar-refractivity contribution is -0.0357. The lowest BCUT2D eigenvalue weighted by atomic mass is 9.99. The van der Waals surface area contributed by atoms with Crippen LogP contribution in [-0.4, -0.2) is 56.3 Å². The second-order valence-corrected chi connectivity index (χ2v) is 8.54. The molecule has 1 aliphatic carbocycles. The average molecular weight is 453 g/mol. The van der Waals surface area contributed by atoms with Crippen molar-refractivity contribution in [3.8, 4) is 11.5 Å². The normalized spacial score (nSPS) is 19.8. The van der Waals surface area contributed by atoms with Gasteiger partial charge in [-0.25, -0.2) is 13.7 Å². The van der Waals surface area contributed by atoms with Crippen LogP contribution in [0.2, 0.25) is 0 Å². The highest BCUT2D eigenvalue weighted by Gasteiger charge is 2.38. The molecular formula is C23H24FN5O4. The van der Waals surface area contributed by atoms with Gasteiger partial charge in [-0.15, -0.1) is 0 Å². The van der Waals surface area contributed by atoms with E-state index in [1.54, 1.807) is 37.1 Å². The van der Waals surface area contributed by atoms with Crippen molar-refractivity contribution in [1.82, 2.24) is 19.8 Å². The SMILES string of the molecule is Cc1c(C(=O)N2C[C@@H](O)[C@H]2C)cn2nccc(Oc3ccc(NC(=O)NC4CC4)cc3F)c12. The van der Waals surface area contributed by atoms with Gasteiger partial charge in [-0.1, -0.05) is 0 Å². The Kier molecular flexibility index (Phi) is 5.16. The van der Waals surface area contributed by atoms with E-state index in [-0.39, 0.29) is 36.3 Å². The minimum Gasteiger partial charge on any atom is -0.452 e. The number of carbonyl (C=O) groups is 2. The average Bonchev–Trinajstić information content (AvgIpc) is 3.53. The number of aromatic nitrogens is 2. The number of likely N-dealkylation sites (tertiary alicyclic amines) is 1.